The van der Waals surface area contributed by atoms with E-state index in [9.17, 15) is 14.3 Å². The summed E-state index contributed by atoms with van der Waals surface area (Å²) in [4.78, 5) is 15.6. The summed E-state index contributed by atoms with van der Waals surface area (Å²) in [7, 11) is 0. The van der Waals surface area contributed by atoms with E-state index in [4.69, 9.17) is 4.74 Å². The lowest BCUT2D eigenvalue weighted by Gasteiger charge is -2.53. The molecule has 36 heavy (non-hydrogen) atoms. The Kier molecular flexibility index (Phi) is 7.59. The minimum Gasteiger partial charge on any atom is -0.458 e. The molecule has 2 saturated heterocycles. The first-order valence-electron chi connectivity index (χ1n) is 13.8. The number of esters is 1. The van der Waals surface area contributed by atoms with Gasteiger partial charge in [-0.3, -0.25) is 9.69 Å². The zero-order valence-electron chi connectivity index (χ0n) is 22.0. The van der Waals surface area contributed by atoms with Gasteiger partial charge in [-0.15, -0.1) is 11.8 Å². The van der Waals surface area contributed by atoms with E-state index in [1.54, 1.807) is 12.1 Å². The highest BCUT2D eigenvalue weighted by molar-refractivity contribution is 8.00. The Hall–Kier alpha value is -1.37. The normalized spacial score (nSPS) is 39.3. The molecule has 1 aromatic rings. The SMILES string of the molecule is CC(=O)O[C@@H]1[CH][C@@]2(O)[C@H](C)CC[C@@H](C(C)CN3C4CCC3CC(Sc3ccc(F)cc3)C4)[C@H]2C=C1C. The number of carbonyl (C=O) groups is 1. The fourth-order valence-electron chi connectivity index (χ4n) is 7.55. The molecule has 1 N–H and O–H groups in total. The smallest absolute Gasteiger partial charge is 0.303 e. The van der Waals surface area contributed by atoms with Gasteiger partial charge in [0.25, 0.3) is 0 Å². The van der Waals surface area contributed by atoms with E-state index < -0.39 is 11.7 Å². The first-order valence-corrected chi connectivity index (χ1v) is 14.6. The summed E-state index contributed by atoms with van der Waals surface area (Å²) < 4.78 is 18.8. The van der Waals surface area contributed by atoms with Crippen LogP contribution in [0.4, 0.5) is 4.39 Å². The van der Waals surface area contributed by atoms with Gasteiger partial charge in [0.05, 0.1) is 5.60 Å². The number of carbonyl (C=O) groups excluding carboxylic acids is 1. The number of thioether (sulfide) groups is 1. The number of nitrogens with zero attached hydrogens (tertiary/aromatic N) is 1. The van der Waals surface area contributed by atoms with Gasteiger partial charge in [-0.2, -0.15) is 0 Å². The molecule has 2 heterocycles. The van der Waals surface area contributed by atoms with Crippen molar-refractivity contribution in [2.24, 2.45) is 23.7 Å². The molecule has 1 aromatic carbocycles. The molecule has 1 radical (unpaired) electrons. The van der Waals surface area contributed by atoms with Crippen LogP contribution in [0.25, 0.3) is 0 Å². The summed E-state index contributed by atoms with van der Waals surface area (Å²) in [6, 6.07) is 8.18. The third kappa shape index (κ3) is 5.15. The van der Waals surface area contributed by atoms with E-state index in [2.05, 4.69) is 24.8 Å². The molecule has 2 aliphatic carbocycles. The molecule has 3 fully saturated rings. The number of hydrogen-bond donors (Lipinski definition) is 1. The number of benzene rings is 1. The lowest BCUT2D eigenvalue weighted by atomic mass is 9.57. The first-order chi connectivity index (χ1) is 17.1. The molecule has 8 atom stereocenters. The van der Waals surface area contributed by atoms with Gasteiger partial charge in [-0.05, 0) is 93.0 Å². The van der Waals surface area contributed by atoms with Crippen LogP contribution < -0.4 is 0 Å². The van der Waals surface area contributed by atoms with Crippen molar-refractivity contribution < 1.29 is 19.0 Å². The largest absolute Gasteiger partial charge is 0.458 e. The van der Waals surface area contributed by atoms with Gasteiger partial charge in [0.1, 0.15) is 11.9 Å². The minimum absolute atomic E-state index is 0.0623. The van der Waals surface area contributed by atoms with Crippen molar-refractivity contribution in [1.82, 2.24) is 4.90 Å². The van der Waals surface area contributed by atoms with Crippen LogP contribution in [-0.2, 0) is 9.53 Å². The van der Waals surface area contributed by atoms with E-state index in [1.807, 2.05) is 37.2 Å². The Bertz CT molecular complexity index is 969. The quantitative estimate of drug-likeness (QED) is 0.371. The lowest BCUT2D eigenvalue weighted by molar-refractivity contribution is -0.148. The average Bonchev–Trinajstić information content (AvgIpc) is 3.04. The highest BCUT2D eigenvalue weighted by Crippen LogP contribution is 2.51. The molecule has 3 unspecified atom stereocenters. The average molecular weight is 515 g/mol. The monoisotopic (exact) mass is 514 g/mol. The number of hydrogen-bond acceptors (Lipinski definition) is 5. The topological polar surface area (TPSA) is 49.8 Å². The van der Waals surface area contributed by atoms with Crippen LogP contribution >= 0.6 is 11.8 Å². The summed E-state index contributed by atoms with van der Waals surface area (Å²) in [5.41, 5.74) is 0.0964. The van der Waals surface area contributed by atoms with E-state index in [1.165, 1.54) is 37.5 Å². The van der Waals surface area contributed by atoms with Crippen LogP contribution in [-0.4, -0.2) is 51.6 Å². The molecule has 0 amide bonds. The van der Waals surface area contributed by atoms with E-state index in [-0.39, 0.29) is 23.6 Å². The molecular weight excluding hydrogens is 473 g/mol. The third-order valence-electron chi connectivity index (χ3n) is 9.51. The van der Waals surface area contributed by atoms with Gasteiger partial charge >= 0.3 is 5.97 Å². The van der Waals surface area contributed by atoms with Gasteiger partial charge in [0.2, 0.25) is 0 Å². The molecule has 2 bridgehead atoms. The zero-order chi connectivity index (χ0) is 25.6. The molecule has 6 heteroatoms. The molecule has 1 saturated carbocycles. The summed E-state index contributed by atoms with van der Waals surface area (Å²) in [6.07, 6.45) is 10.7. The molecule has 0 spiro atoms. The highest BCUT2D eigenvalue weighted by Gasteiger charge is 2.53. The fourth-order valence-corrected chi connectivity index (χ4v) is 8.86. The molecule has 4 nitrogen and oxygen atoms in total. The van der Waals surface area contributed by atoms with Crippen molar-refractivity contribution in [3.63, 3.8) is 0 Å². The number of piperidine rings is 1. The first kappa shape index (κ1) is 26.2. The van der Waals surface area contributed by atoms with Crippen LogP contribution in [0.3, 0.4) is 0 Å². The van der Waals surface area contributed by atoms with Crippen molar-refractivity contribution in [1.29, 1.82) is 0 Å². The van der Waals surface area contributed by atoms with Crippen LogP contribution in [0.15, 0.2) is 40.8 Å². The third-order valence-corrected chi connectivity index (χ3v) is 10.8. The Labute approximate surface area is 220 Å². The van der Waals surface area contributed by atoms with Crippen molar-refractivity contribution in [2.75, 3.05) is 6.54 Å². The van der Waals surface area contributed by atoms with Crippen molar-refractivity contribution in [3.05, 3.63) is 48.2 Å². The Morgan fingerprint density at radius 2 is 1.86 bits per heavy atom. The molecule has 5 rings (SSSR count). The fraction of sp³-hybridized carbons (Fsp3) is 0.667. The van der Waals surface area contributed by atoms with Gasteiger partial charge in [0.15, 0.2) is 0 Å². The number of ether oxygens (including phenoxy) is 1. The van der Waals surface area contributed by atoms with Crippen molar-refractivity contribution >= 4 is 17.7 Å². The summed E-state index contributed by atoms with van der Waals surface area (Å²) >= 11 is 1.91. The Morgan fingerprint density at radius 3 is 2.50 bits per heavy atom. The van der Waals surface area contributed by atoms with Gasteiger partial charge in [0, 0.05) is 48.0 Å². The lowest BCUT2D eigenvalue weighted by Crippen LogP contribution is -2.57. The second-order valence-electron chi connectivity index (χ2n) is 11.9. The van der Waals surface area contributed by atoms with Crippen LogP contribution in [0.5, 0.6) is 0 Å². The second kappa shape index (κ2) is 10.4. The van der Waals surface area contributed by atoms with Crippen LogP contribution in [0.1, 0.15) is 66.2 Å². The molecule has 0 aromatic heterocycles. The summed E-state index contributed by atoms with van der Waals surface area (Å²) in [5, 5.41) is 12.5. The summed E-state index contributed by atoms with van der Waals surface area (Å²) in [5.74, 6) is 0.601. The maximum atomic E-state index is 13.3. The van der Waals surface area contributed by atoms with Crippen molar-refractivity contribution in [3.8, 4) is 0 Å². The number of fused-ring (bicyclic) bond motifs is 3. The maximum Gasteiger partial charge on any atom is 0.303 e. The van der Waals surface area contributed by atoms with Crippen LogP contribution in [0, 0.1) is 35.9 Å². The van der Waals surface area contributed by atoms with E-state index in [0.29, 0.717) is 29.2 Å². The second-order valence-corrected chi connectivity index (χ2v) is 13.3. The van der Waals surface area contributed by atoms with Gasteiger partial charge in [-0.1, -0.05) is 19.9 Å². The predicted octanol–water partition coefficient (Wildman–Crippen LogP) is 6.04. The Morgan fingerprint density at radius 1 is 1.19 bits per heavy atom. The molecule has 197 valence electrons. The zero-order valence-corrected chi connectivity index (χ0v) is 22.8. The van der Waals surface area contributed by atoms with E-state index in [0.717, 1.165) is 25.0 Å². The molecule has 2 aliphatic heterocycles. The number of rotatable bonds is 6. The number of aliphatic hydroxyl groups is 1. The summed E-state index contributed by atoms with van der Waals surface area (Å²) in [6.45, 7) is 9.04. The Balaban J connectivity index is 1.25. The maximum absolute atomic E-state index is 13.3. The standard InChI is InChI=1S/C30H41FNO3S/c1-18-13-28-27(12-5-20(3)30(28,34)16-29(18)35-21(4)33)19(2)17-32-23-8-9-24(32)15-26(14-23)36-25-10-6-22(31)7-11-25/h6-7,10-11,13,16,19-20,23-24,26-29,34H,5,8-9,12,14-15,17H2,1-4H3/t19?,20-,23?,24?,26?,27+,28-,29-,30-/m1/s1. The highest BCUT2D eigenvalue weighted by atomic mass is 32.2. The molecular formula is C30H41FNO3S. The van der Waals surface area contributed by atoms with Gasteiger partial charge in [-0.25, -0.2) is 4.39 Å². The number of halogens is 1. The van der Waals surface area contributed by atoms with Gasteiger partial charge < -0.3 is 9.84 Å². The van der Waals surface area contributed by atoms with Crippen LogP contribution in [0.2, 0.25) is 0 Å². The minimum atomic E-state index is -0.936. The molecule has 4 aliphatic rings. The van der Waals surface area contributed by atoms with Crippen molar-refractivity contribution in [2.45, 2.75) is 100 Å². The predicted molar refractivity (Wildman–Crippen MR) is 142 cm³/mol. The van der Waals surface area contributed by atoms with E-state index >= 15 is 0 Å².